The number of aryl methyl sites for hydroxylation is 1. The molecule has 1 unspecified atom stereocenters. The maximum Gasteiger partial charge on any atom is 0.228 e. The van der Waals surface area contributed by atoms with Gasteiger partial charge in [0.25, 0.3) is 0 Å². The fourth-order valence-corrected chi connectivity index (χ4v) is 4.24. The van der Waals surface area contributed by atoms with E-state index >= 15 is 0 Å². The second-order valence-corrected chi connectivity index (χ2v) is 7.91. The molecule has 0 spiro atoms. The zero-order valence-electron chi connectivity index (χ0n) is 16.0. The van der Waals surface area contributed by atoms with E-state index < -0.39 is 0 Å². The van der Waals surface area contributed by atoms with Gasteiger partial charge in [-0.25, -0.2) is 0 Å². The van der Waals surface area contributed by atoms with Gasteiger partial charge in [-0.15, -0.1) is 0 Å². The maximum absolute atomic E-state index is 13.0. The van der Waals surface area contributed by atoms with E-state index in [9.17, 15) is 9.59 Å². The van der Waals surface area contributed by atoms with Crippen LogP contribution in [0.2, 0.25) is 5.02 Å². The predicted molar refractivity (Wildman–Crippen MR) is 112 cm³/mol. The fraction of sp³-hybridized carbons (Fsp3) is 0.364. The normalized spacial score (nSPS) is 20.0. The zero-order valence-corrected chi connectivity index (χ0v) is 16.7. The van der Waals surface area contributed by atoms with E-state index in [-0.39, 0.29) is 24.2 Å². The van der Waals surface area contributed by atoms with Gasteiger partial charge in [0.1, 0.15) is 0 Å². The minimum atomic E-state index is -0.263. The summed E-state index contributed by atoms with van der Waals surface area (Å²) in [5, 5.41) is 0.734. The molecule has 2 heterocycles. The van der Waals surface area contributed by atoms with E-state index in [2.05, 4.69) is 4.90 Å². The van der Waals surface area contributed by atoms with Crippen LogP contribution in [-0.2, 0) is 9.59 Å². The number of para-hydroxylation sites is 1. The van der Waals surface area contributed by atoms with E-state index in [0.717, 1.165) is 35.1 Å². The van der Waals surface area contributed by atoms with E-state index in [4.69, 9.17) is 11.6 Å². The lowest BCUT2D eigenvalue weighted by molar-refractivity contribution is -0.136. The topological polar surface area (TPSA) is 43.9 Å². The van der Waals surface area contributed by atoms with E-state index in [1.165, 1.54) is 0 Å². The molecule has 0 aromatic heterocycles. The molecule has 1 atom stereocenters. The highest BCUT2D eigenvalue weighted by molar-refractivity contribution is 6.33. The van der Waals surface area contributed by atoms with Gasteiger partial charge in [0.2, 0.25) is 11.8 Å². The van der Waals surface area contributed by atoms with Crippen LogP contribution in [0.4, 0.5) is 11.4 Å². The van der Waals surface area contributed by atoms with Gasteiger partial charge in [-0.3, -0.25) is 9.59 Å². The monoisotopic (exact) mass is 397 g/mol. The fourth-order valence-electron chi connectivity index (χ4n) is 3.98. The first kappa shape index (κ1) is 18.8. The number of anilines is 2. The molecule has 146 valence electrons. The molecule has 0 aliphatic carbocycles. The Morgan fingerprint density at radius 2 is 1.68 bits per heavy atom. The van der Waals surface area contributed by atoms with E-state index in [1.54, 1.807) is 4.90 Å². The summed E-state index contributed by atoms with van der Waals surface area (Å²) in [7, 11) is 0. The molecular weight excluding hydrogens is 374 g/mol. The number of carbonyl (C=O) groups is 2. The molecule has 2 amide bonds. The number of hydrogen-bond acceptors (Lipinski definition) is 3. The molecule has 4 rings (SSSR count). The summed E-state index contributed by atoms with van der Waals surface area (Å²) >= 11 is 6.29. The number of hydrogen-bond donors (Lipinski definition) is 0. The van der Waals surface area contributed by atoms with Gasteiger partial charge < -0.3 is 14.7 Å². The molecule has 2 aliphatic heterocycles. The largest absolute Gasteiger partial charge is 0.367 e. The molecular formula is C22H24ClN3O2. The third-order valence-corrected chi connectivity index (χ3v) is 5.92. The van der Waals surface area contributed by atoms with Gasteiger partial charge in [0.05, 0.1) is 16.6 Å². The average Bonchev–Trinajstić information content (AvgIpc) is 3.10. The van der Waals surface area contributed by atoms with Crippen LogP contribution in [0.5, 0.6) is 0 Å². The Kier molecular flexibility index (Phi) is 5.27. The molecule has 2 aliphatic rings. The molecule has 0 bridgehead atoms. The Morgan fingerprint density at radius 1 is 1.00 bits per heavy atom. The smallest absolute Gasteiger partial charge is 0.228 e. The number of halogens is 1. The van der Waals surface area contributed by atoms with E-state index in [1.807, 2.05) is 60.4 Å². The third kappa shape index (κ3) is 3.72. The first-order chi connectivity index (χ1) is 13.5. The summed E-state index contributed by atoms with van der Waals surface area (Å²) in [5.41, 5.74) is 3.03. The Morgan fingerprint density at radius 3 is 2.36 bits per heavy atom. The second-order valence-electron chi connectivity index (χ2n) is 7.50. The van der Waals surface area contributed by atoms with Crippen molar-refractivity contribution in [3.63, 3.8) is 0 Å². The van der Waals surface area contributed by atoms with Gasteiger partial charge >= 0.3 is 0 Å². The average molecular weight is 398 g/mol. The third-order valence-electron chi connectivity index (χ3n) is 5.60. The Bertz CT molecular complexity index is 876. The van der Waals surface area contributed by atoms with Crippen LogP contribution in [0.15, 0.2) is 48.5 Å². The standard InChI is InChI=1S/C22H24ClN3O2/c1-16-6-8-18(9-7-16)26-15-17(14-21(26)27)22(28)25-12-10-24(11-13-25)20-5-3-2-4-19(20)23/h2-9,17H,10-15H2,1H3. The Labute approximate surface area is 170 Å². The molecule has 0 radical (unpaired) electrons. The zero-order chi connectivity index (χ0) is 19.7. The summed E-state index contributed by atoms with van der Waals surface area (Å²) in [6.07, 6.45) is 0.289. The van der Waals surface area contributed by atoms with Crippen molar-refractivity contribution >= 4 is 34.8 Å². The molecule has 2 aromatic carbocycles. The van der Waals surface area contributed by atoms with Crippen LogP contribution < -0.4 is 9.80 Å². The molecule has 2 fully saturated rings. The first-order valence-corrected chi connectivity index (χ1v) is 10.1. The Hall–Kier alpha value is -2.53. The molecule has 5 nitrogen and oxygen atoms in total. The van der Waals surface area contributed by atoms with E-state index in [0.29, 0.717) is 19.6 Å². The summed E-state index contributed by atoms with van der Waals surface area (Å²) in [5.74, 6) is -0.153. The quantitative estimate of drug-likeness (QED) is 0.797. The van der Waals surface area contributed by atoms with Crippen molar-refractivity contribution < 1.29 is 9.59 Å². The highest BCUT2D eigenvalue weighted by atomic mass is 35.5. The molecule has 0 saturated carbocycles. The van der Waals surface area contributed by atoms with Gasteiger partial charge in [-0.1, -0.05) is 41.4 Å². The summed E-state index contributed by atoms with van der Waals surface area (Å²) in [4.78, 5) is 31.3. The van der Waals surface area contributed by atoms with Gasteiger partial charge in [0.15, 0.2) is 0 Å². The number of rotatable bonds is 3. The van der Waals surface area contributed by atoms with Crippen LogP contribution >= 0.6 is 11.6 Å². The Balaban J connectivity index is 1.37. The lowest BCUT2D eigenvalue weighted by atomic mass is 10.1. The van der Waals surface area contributed by atoms with Crippen molar-refractivity contribution in [1.82, 2.24) is 4.90 Å². The summed E-state index contributed by atoms with van der Waals surface area (Å²) < 4.78 is 0. The first-order valence-electron chi connectivity index (χ1n) is 9.68. The second kappa shape index (κ2) is 7.84. The minimum Gasteiger partial charge on any atom is -0.367 e. The van der Waals surface area contributed by atoms with Crippen molar-refractivity contribution in [3.05, 3.63) is 59.1 Å². The minimum absolute atomic E-state index is 0.0249. The number of piperazine rings is 1. The molecule has 2 aromatic rings. The number of carbonyl (C=O) groups excluding carboxylic acids is 2. The van der Waals surface area contributed by atoms with Crippen molar-refractivity contribution in [3.8, 4) is 0 Å². The molecule has 0 N–H and O–H groups in total. The van der Waals surface area contributed by atoms with Crippen molar-refractivity contribution in [2.45, 2.75) is 13.3 Å². The lowest BCUT2D eigenvalue weighted by Crippen LogP contribution is -2.50. The van der Waals surface area contributed by atoms with Crippen LogP contribution in [0, 0.1) is 12.8 Å². The number of benzene rings is 2. The SMILES string of the molecule is Cc1ccc(N2CC(C(=O)N3CCN(c4ccccc4Cl)CC3)CC2=O)cc1. The number of amides is 2. The predicted octanol–water partition coefficient (Wildman–Crippen LogP) is 3.35. The van der Waals surface area contributed by atoms with Crippen molar-refractivity contribution in [2.24, 2.45) is 5.92 Å². The molecule has 6 heteroatoms. The lowest BCUT2D eigenvalue weighted by Gasteiger charge is -2.37. The van der Waals surface area contributed by atoms with Gasteiger partial charge in [-0.05, 0) is 31.2 Å². The molecule has 28 heavy (non-hydrogen) atoms. The van der Waals surface area contributed by atoms with Crippen molar-refractivity contribution in [1.29, 1.82) is 0 Å². The van der Waals surface area contributed by atoms with Crippen molar-refractivity contribution in [2.75, 3.05) is 42.5 Å². The number of nitrogens with zero attached hydrogens (tertiary/aromatic N) is 3. The van der Waals surface area contributed by atoms with Gasteiger partial charge in [-0.2, -0.15) is 0 Å². The summed E-state index contributed by atoms with van der Waals surface area (Å²) in [6.45, 7) is 5.28. The van der Waals surface area contributed by atoms with Crippen LogP contribution in [-0.4, -0.2) is 49.4 Å². The summed E-state index contributed by atoms with van der Waals surface area (Å²) in [6, 6.07) is 15.7. The van der Waals surface area contributed by atoms with Crippen LogP contribution in [0.25, 0.3) is 0 Å². The van der Waals surface area contributed by atoms with Gasteiger partial charge in [0, 0.05) is 44.8 Å². The maximum atomic E-state index is 13.0. The highest BCUT2D eigenvalue weighted by Crippen LogP contribution is 2.29. The van der Waals surface area contributed by atoms with Crippen LogP contribution in [0.3, 0.4) is 0 Å². The molecule has 2 saturated heterocycles. The van der Waals surface area contributed by atoms with Crippen LogP contribution in [0.1, 0.15) is 12.0 Å². The highest BCUT2D eigenvalue weighted by Gasteiger charge is 2.38.